The monoisotopic (exact) mass is 468 g/mol. The van der Waals surface area contributed by atoms with Gasteiger partial charge in [-0.05, 0) is 35.9 Å². The Morgan fingerprint density at radius 1 is 1.15 bits per heavy atom. The second kappa shape index (κ2) is 7.36. The van der Waals surface area contributed by atoms with Crippen LogP contribution in [0.2, 0.25) is 10.0 Å². The van der Waals surface area contributed by atoms with Gasteiger partial charge in [0.05, 0.1) is 30.6 Å². The zero-order chi connectivity index (χ0) is 19.1. The summed E-state index contributed by atoms with van der Waals surface area (Å²) in [5, 5.41) is 11.4. The van der Waals surface area contributed by atoms with Gasteiger partial charge in [-0.1, -0.05) is 51.3 Å². The summed E-state index contributed by atoms with van der Waals surface area (Å²) in [5.41, 5.74) is 1.70. The van der Waals surface area contributed by atoms with Crippen molar-refractivity contribution < 1.29 is 9.84 Å². The number of rotatable bonds is 4. The molecule has 2 aromatic carbocycles. The molecule has 0 bridgehead atoms. The van der Waals surface area contributed by atoms with Crippen LogP contribution in [0.25, 0.3) is 5.69 Å². The number of aromatic nitrogens is 2. The Labute approximate surface area is 173 Å². The van der Waals surface area contributed by atoms with Crippen LogP contribution in [0.15, 0.2) is 51.7 Å². The molecule has 5 nitrogen and oxygen atoms in total. The minimum Gasteiger partial charge on any atom is -0.493 e. The highest BCUT2D eigenvalue weighted by atomic mass is 79.9. The largest absolute Gasteiger partial charge is 0.493 e. The third-order valence-electron chi connectivity index (χ3n) is 4.53. The standard InChI is InChI=1S/C19H15BrCl2N2O3/c20-12-3-1-11(2-4-12)10-27-16-8-17-18(25)24(19(26)23(17)9-16)15-6-13(21)5-14(22)7-15/h1-7,16,25H,8-10H2/t16-/m0/s1. The Morgan fingerprint density at radius 3 is 2.44 bits per heavy atom. The molecule has 2 heterocycles. The molecule has 1 N–H and O–H groups in total. The maximum absolute atomic E-state index is 12.8. The van der Waals surface area contributed by atoms with Gasteiger partial charge < -0.3 is 9.84 Å². The SMILES string of the molecule is O=c1n2c(c(O)n1-c1cc(Cl)cc(Cl)c1)C[C@H](OCc1ccc(Br)cc1)C2. The predicted molar refractivity (Wildman–Crippen MR) is 108 cm³/mol. The number of nitrogens with zero attached hydrogens (tertiary/aromatic N) is 2. The summed E-state index contributed by atoms with van der Waals surface area (Å²) >= 11 is 15.4. The van der Waals surface area contributed by atoms with E-state index in [4.69, 9.17) is 27.9 Å². The van der Waals surface area contributed by atoms with E-state index in [1.54, 1.807) is 18.2 Å². The Bertz CT molecular complexity index is 1040. The van der Waals surface area contributed by atoms with Crippen molar-refractivity contribution in [2.45, 2.75) is 25.7 Å². The minimum atomic E-state index is -0.337. The summed E-state index contributed by atoms with van der Waals surface area (Å²) in [6.07, 6.45) is 0.290. The number of benzene rings is 2. The van der Waals surface area contributed by atoms with Crippen molar-refractivity contribution in [2.24, 2.45) is 0 Å². The van der Waals surface area contributed by atoms with Crippen molar-refractivity contribution in [3.8, 4) is 11.6 Å². The third-order valence-corrected chi connectivity index (χ3v) is 5.49. The van der Waals surface area contributed by atoms with E-state index >= 15 is 0 Å². The van der Waals surface area contributed by atoms with Crippen LogP contribution in [0.4, 0.5) is 0 Å². The second-order valence-electron chi connectivity index (χ2n) is 6.39. The summed E-state index contributed by atoms with van der Waals surface area (Å²) in [6.45, 7) is 0.835. The molecule has 0 fully saturated rings. The van der Waals surface area contributed by atoms with Crippen molar-refractivity contribution in [3.63, 3.8) is 0 Å². The van der Waals surface area contributed by atoms with Gasteiger partial charge >= 0.3 is 5.69 Å². The average molecular weight is 470 g/mol. The highest BCUT2D eigenvalue weighted by Gasteiger charge is 2.31. The Hall–Kier alpha value is -1.73. The molecule has 0 saturated heterocycles. The van der Waals surface area contributed by atoms with E-state index in [0.717, 1.165) is 10.0 Å². The molecule has 1 aromatic heterocycles. The van der Waals surface area contributed by atoms with E-state index in [2.05, 4.69) is 15.9 Å². The summed E-state index contributed by atoms with van der Waals surface area (Å²) in [7, 11) is 0. The van der Waals surface area contributed by atoms with Gasteiger partial charge in [0.15, 0.2) is 0 Å². The van der Waals surface area contributed by atoms with Crippen molar-refractivity contribution in [3.05, 3.63) is 78.7 Å². The fraction of sp³-hybridized carbons (Fsp3) is 0.211. The van der Waals surface area contributed by atoms with Gasteiger partial charge in [0.25, 0.3) is 0 Å². The minimum absolute atomic E-state index is 0.104. The molecule has 0 radical (unpaired) electrons. The quantitative estimate of drug-likeness (QED) is 0.609. The molecule has 0 aliphatic carbocycles. The van der Waals surface area contributed by atoms with Crippen molar-refractivity contribution in [2.75, 3.05) is 0 Å². The van der Waals surface area contributed by atoms with E-state index in [1.807, 2.05) is 24.3 Å². The van der Waals surface area contributed by atoms with Crippen molar-refractivity contribution in [1.82, 2.24) is 9.13 Å². The molecular formula is C19H15BrCl2N2O3. The first-order valence-electron chi connectivity index (χ1n) is 8.28. The van der Waals surface area contributed by atoms with Crippen LogP contribution < -0.4 is 5.69 Å². The van der Waals surface area contributed by atoms with Crippen LogP contribution >= 0.6 is 39.1 Å². The van der Waals surface area contributed by atoms with Crippen molar-refractivity contribution >= 4 is 39.1 Å². The van der Waals surface area contributed by atoms with Crippen LogP contribution in [-0.4, -0.2) is 20.3 Å². The highest BCUT2D eigenvalue weighted by Crippen LogP contribution is 2.30. The average Bonchev–Trinajstić information content (AvgIpc) is 3.13. The number of hydrogen-bond acceptors (Lipinski definition) is 3. The fourth-order valence-corrected chi connectivity index (χ4v) is 4.04. The first-order valence-corrected chi connectivity index (χ1v) is 9.83. The molecule has 1 aliphatic rings. The van der Waals surface area contributed by atoms with Crippen molar-refractivity contribution in [1.29, 1.82) is 0 Å². The van der Waals surface area contributed by atoms with E-state index in [0.29, 0.717) is 41.0 Å². The normalized spacial score (nSPS) is 15.9. The molecular weight excluding hydrogens is 455 g/mol. The maximum atomic E-state index is 12.8. The van der Waals surface area contributed by atoms with Gasteiger partial charge in [-0.3, -0.25) is 4.57 Å². The van der Waals surface area contributed by atoms with E-state index in [9.17, 15) is 9.90 Å². The number of fused-ring (bicyclic) bond motifs is 1. The number of hydrogen-bond donors (Lipinski definition) is 1. The van der Waals surface area contributed by atoms with Gasteiger partial charge in [0.2, 0.25) is 5.88 Å². The Morgan fingerprint density at radius 2 is 1.81 bits per heavy atom. The first-order chi connectivity index (χ1) is 12.9. The van der Waals surface area contributed by atoms with E-state index in [-0.39, 0.29) is 17.7 Å². The smallest absolute Gasteiger partial charge is 0.336 e. The lowest BCUT2D eigenvalue weighted by Gasteiger charge is -2.12. The third kappa shape index (κ3) is 3.67. The lowest BCUT2D eigenvalue weighted by atomic mass is 10.2. The molecule has 8 heteroatoms. The van der Waals surface area contributed by atoms with Crippen LogP contribution in [0.5, 0.6) is 5.88 Å². The molecule has 3 aromatic rings. The van der Waals surface area contributed by atoms with Crippen LogP contribution in [0, 0.1) is 0 Å². The van der Waals surface area contributed by atoms with Gasteiger partial charge in [-0.25, -0.2) is 9.36 Å². The number of aromatic hydroxyl groups is 1. The fourth-order valence-electron chi connectivity index (χ4n) is 3.26. The zero-order valence-electron chi connectivity index (χ0n) is 14.0. The van der Waals surface area contributed by atoms with E-state index in [1.165, 1.54) is 9.13 Å². The van der Waals surface area contributed by atoms with E-state index < -0.39 is 0 Å². The van der Waals surface area contributed by atoms with Crippen LogP contribution in [0.1, 0.15) is 11.3 Å². The molecule has 27 heavy (non-hydrogen) atoms. The van der Waals surface area contributed by atoms with Crippen LogP contribution in [-0.2, 0) is 24.3 Å². The van der Waals surface area contributed by atoms with Crippen LogP contribution in [0.3, 0.4) is 0 Å². The topological polar surface area (TPSA) is 56.4 Å². The summed E-state index contributed by atoms with van der Waals surface area (Å²) in [4.78, 5) is 12.8. The Kier molecular flexibility index (Phi) is 5.07. The van der Waals surface area contributed by atoms with Gasteiger partial charge in [-0.2, -0.15) is 0 Å². The van der Waals surface area contributed by atoms with Gasteiger partial charge in [-0.15, -0.1) is 0 Å². The highest BCUT2D eigenvalue weighted by molar-refractivity contribution is 9.10. The molecule has 1 atom stereocenters. The molecule has 0 spiro atoms. The summed E-state index contributed by atoms with van der Waals surface area (Å²) in [6, 6.07) is 12.6. The van der Waals surface area contributed by atoms with Gasteiger partial charge in [0.1, 0.15) is 0 Å². The molecule has 0 saturated carbocycles. The number of halogens is 3. The molecule has 4 rings (SSSR count). The molecule has 0 amide bonds. The second-order valence-corrected chi connectivity index (χ2v) is 8.18. The number of imidazole rings is 1. The summed E-state index contributed by atoms with van der Waals surface area (Å²) in [5.74, 6) is -0.104. The molecule has 0 unspecified atom stereocenters. The lowest BCUT2D eigenvalue weighted by Crippen LogP contribution is -2.26. The molecule has 140 valence electrons. The van der Waals surface area contributed by atoms with Gasteiger partial charge in [0, 0.05) is 20.9 Å². The molecule has 1 aliphatic heterocycles. The maximum Gasteiger partial charge on any atom is 0.336 e. The predicted octanol–water partition coefficient (Wildman–Crippen LogP) is 4.56. The number of ether oxygens (including phenoxy) is 1. The summed E-state index contributed by atoms with van der Waals surface area (Å²) < 4.78 is 9.69. The Balaban J connectivity index is 1.54. The zero-order valence-corrected chi connectivity index (χ0v) is 17.1. The lowest BCUT2D eigenvalue weighted by molar-refractivity contribution is 0.0409. The first kappa shape index (κ1) is 18.6.